The van der Waals surface area contributed by atoms with E-state index < -0.39 is 0 Å². The number of halogens is 1. The van der Waals surface area contributed by atoms with E-state index in [2.05, 4.69) is 25.5 Å². The number of benzene rings is 1. The van der Waals surface area contributed by atoms with Crippen molar-refractivity contribution < 1.29 is 4.79 Å². The zero-order valence-electron chi connectivity index (χ0n) is 14.2. The quantitative estimate of drug-likeness (QED) is 0.561. The van der Waals surface area contributed by atoms with Gasteiger partial charge in [-0.1, -0.05) is 17.7 Å². The fourth-order valence-electron chi connectivity index (χ4n) is 2.95. The molecule has 3 heterocycles. The van der Waals surface area contributed by atoms with Crippen LogP contribution in [0.3, 0.4) is 0 Å². The van der Waals surface area contributed by atoms with E-state index in [-0.39, 0.29) is 5.78 Å². The average molecular weight is 367 g/mol. The topological polar surface area (TPSA) is 89.3 Å². The van der Waals surface area contributed by atoms with E-state index in [9.17, 15) is 4.79 Å². The number of carbonyl (C=O) groups is 1. The number of nitrogens with one attached hydrogen (secondary N) is 1. The predicted octanol–water partition coefficient (Wildman–Crippen LogP) is 2.87. The minimum absolute atomic E-state index is 0.175. The van der Waals surface area contributed by atoms with Crippen LogP contribution in [0.5, 0.6) is 0 Å². The number of hydrogen-bond acceptors (Lipinski definition) is 5. The van der Waals surface area contributed by atoms with Crippen LogP contribution in [-0.4, -0.2) is 36.0 Å². The Morgan fingerprint density at radius 2 is 2.12 bits per heavy atom. The first-order valence-electron chi connectivity index (χ1n) is 8.01. The molecule has 0 saturated carbocycles. The number of fused-ring (bicyclic) bond motifs is 1. The second-order valence-corrected chi connectivity index (χ2v) is 6.55. The van der Waals surface area contributed by atoms with Gasteiger partial charge in [0.2, 0.25) is 5.78 Å². The number of aryl methyl sites for hydroxylation is 2. The Hall–Kier alpha value is -3.06. The Bertz CT molecular complexity index is 1130. The van der Waals surface area contributed by atoms with Crippen molar-refractivity contribution in [2.24, 2.45) is 7.05 Å². The maximum Gasteiger partial charge on any atom is 0.227 e. The Kier molecular flexibility index (Phi) is 4.00. The van der Waals surface area contributed by atoms with Crippen molar-refractivity contribution in [3.63, 3.8) is 0 Å². The molecule has 0 unspecified atom stereocenters. The number of aromatic amines is 1. The van der Waals surface area contributed by atoms with Crippen LogP contribution in [0.1, 0.15) is 33.1 Å². The molecule has 0 radical (unpaired) electrons. The van der Waals surface area contributed by atoms with E-state index >= 15 is 0 Å². The summed E-state index contributed by atoms with van der Waals surface area (Å²) in [6.07, 6.45) is 2.05. The molecule has 1 N–H and O–H groups in total. The fraction of sp³-hybridized carbons (Fsp3) is 0.167. The lowest BCUT2D eigenvalue weighted by atomic mass is 10.0. The molecule has 0 amide bonds. The normalized spacial score (nSPS) is 11.2. The molecule has 8 heteroatoms. The SMILES string of the molecule is Cc1ccnc(C(=O)c2[nH]c3cc(Cl)ccc3c2Cc2nnnn2C)c1. The van der Waals surface area contributed by atoms with Gasteiger partial charge in [-0.2, -0.15) is 0 Å². The highest BCUT2D eigenvalue weighted by molar-refractivity contribution is 6.31. The second kappa shape index (κ2) is 6.34. The molecule has 130 valence electrons. The molecule has 0 bridgehead atoms. The molecule has 0 aliphatic carbocycles. The van der Waals surface area contributed by atoms with Gasteiger partial charge in [0.1, 0.15) is 5.69 Å². The minimum Gasteiger partial charge on any atom is -0.351 e. The average Bonchev–Trinajstić information content (AvgIpc) is 3.18. The van der Waals surface area contributed by atoms with Gasteiger partial charge >= 0.3 is 0 Å². The van der Waals surface area contributed by atoms with E-state index in [1.165, 1.54) is 0 Å². The van der Waals surface area contributed by atoms with Crippen molar-refractivity contribution in [3.8, 4) is 0 Å². The number of tetrazole rings is 1. The number of H-pyrrole nitrogens is 1. The summed E-state index contributed by atoms with van der Waals surface area (Å²) in [4.78, 5) is 20.5. The van der Waals surface area contributed by atoms with Gasteiger partial charge in [-0.3, -0.25) is 9.78 Å². The molecule has 0 aliphatic heterocycles. The number of pyridine rings is 1. The summed E-state index contributed by atoms with van der Waals surface area (Å²) in [7, 11) is 1.77. The van der Waals surface area contributed by atoms with Crippen molar-refractivity contribution in [2.45, 2.75) is 13.3 Å². The molecule has 3 aromatic heterocycles. The van der Waals surface area contributed by atoms with Crippen LogP contribution >= 0.6 is 11.6 Å². The van der Waals surface area contributed by atoms with Gasteiger partial charge in [0.05, 0.1) is 5.69 Å². The summed E-state index contributed by atoms with van der Waals surface area (Å²) in [5.41, 5.74) is 3.45. The third-order valence-corrected chi connectivity index (χ3v) is 4.52. The molecule has 26 heavy (non-hydrogen) atoms. The van der Waals surface area contributed by atoms with Gasteiger partial charge in [0.15, 0.2) is 5.82 Å². The molecular formula is C18H15ClN6O. The molecule has 4 aromatic rings. The van der Waals surface area contributed by atoms with Crippen molar-refractivity contribution in [1.29, 1.82) is 0 Å². The first kappa shape index (κ1) is 16.4. The fourth-order valence-corrected chi connectivity index (χ4v) is 3.12. The molecule has 1 aromatic carbocycles. The lowest BCUT2D eigenvalue weighted by Crippen LogP contribution is -2.09. The summed E-state index contributed by atoms with van der Waals surface area (Å²) >= 11 is 6.11. The third-order valence-electron chi connectivity index (χ3n) is 4.29. The van der Waals surface area contributed by atoms with Crippen molar-refractivity contribution >= 4 is 28.3 Å². The molecule has 0 atom stereocenters. The van der Waals surface area contributed by atoms with E-state index in [0.29, 0.717) is 28.7 Å². The van der Waals surface area contributed by atoms with Gasteiger partial charge in [-0.15, -0.1) is 5.10 Å². The molecule has 4 rings (SSSR count). The van der Waals surface area contributed by atoms with Gasteiger partial charge in [-0.05, 0) is 52.7 Å². The largest absolute Gasteiger partial charge is 0.351 e. The van der Waals surface area contributed by atoms with Crippen LogP contribution in [0, 0.1) is 6.92 Å². The highest BCUT2D eigenvalue weighted by Crippen LogP contribution is 2.28. The Balaban J connectivity index is 1.88. The second-order valence-electron chi connectivity index (χ2n) is 6.11. The van der Waals surface area contributed by atoms with Crippen molar-refractivity contribution in [1.82, 2.24) is 30.2 Å². The van der Waals surface area contributed by atoms with Crippen LogP contribution < -0.4 is 0 Å². The number of aromatic nitrogens is 6. The molecule has 0 spiro atoms. The highest BCUT2D eigenvalue weighted by Gasteiger charge is 2.22. The standard InChI is InChI=1S/C18H15ClN6O/c1-10-5-6-20-15(7-10)18(26)17-13(9-16-22-23-24-25(16)2)12-4-3-11(19)8-14(12)21-17/h3-8,21H,9H2,1-2H3. The van der Waals surface area contributed by atoms with Crippen LogP contribution in [0.25, 0.3) is 10.9 Å². The van der Waals surface area contributed by atoms with Crippen LogP contribution in [0.2, 0.25) is 5.02 Å². The highest BCUT2D eigenvalue weighted by atomic mass is 35.5. The van der Waals surface area contributed by atoms with Crippen LogP contribution in [-0.2, 0) is 13.5 Å². The molecule has 0 fully saturated rings. The summed E-state index contributed by atoms with van der Waals surface area (Å²) in [6.45, 7) is 1.93. The smallest absolute Gasteiger partial charge is 0.227 e. The number of nitrogens with zero attached hydrogens (tertiary/aromatic N) is 5. The van der Waals surface area contributed by atoms with Gasteiger partial charge in [0.25, 0.3) is 0 Å². The zero-order valence-corrected chi connectivity index (χ0v) is 14.9. The van der Waals surface area contributed by atoms with E-state index in [0.717, 1.165) is 22.0 Å². The van der Waals surface area contributed by atoms with Crippen molar-refractivity contribution in [3.05, 3.63) is 69.9 Å². The van der Waals surface area contributed by atoms with Gasteiger partial charge in [0, 0.05) is 35.6 Å². The molecule has 7 nitrogen and oxygen atoms in total. The number of ketones is 1. The third kappa shape index (κ3) is 2.86. The first-order chi connectivity index (χ1) is 12.5. The monoisotopic (exact) mass is 366 g/mol. The Morgan fingerprint density at radius 1 is 1.27 bits per heavy atom. The molecular weight excluding hydrogens is 352 g/mol. The number of hydrogen-bond donors (Lipinski definition) is 1. The number of rotatable bonds is 4. The maximum absolute atomic E-state index is 13.1. The van der Waals surface area contributed by atoms with Gasteiger partial charge < -0.3 is 4.98 Å². The molecule has 0 aliphatic rings. The predicted molar refractivity (Wildman–Crippen MR) is 97.3 cm³/mol. The Labute approximate surface area is 154 Å². The summed E-state index contributed by atoms with van der Waals surface area (Å²) < 4.78 is 1.59. The lowest BCUT2D eigenvalue weighted by Gasteiger charge is -2.04. The van der Waals surface area contributed by atoms with Gasteiger partial charge in [-0.25, -0.2) is 4.68 Å². The summed E-state index contributed by atoms with van der Waals surface area (Å²) in [6, 6.07) is 9.13. The number of carbonyl (C=O) groups excluding carboxylic acids is 1. The zero-order chi connectivity index (χ0) is 18.3. The van der Waals surface area contributed by atoms with E-state index in [1.54, 1.807) is 36.1 Å². The minimum atomic E-state index is -0.175. The first-order valence-corrected chi connectivity index (χ1v) is 8.39. The maximum atomic E-state index is 13.1. The summed E-state index contributed by atoms with van der Waals surface area (Å²) in [5, 5.41) is 13.1. The van der Waals surface area contributed by atoms with Crippen LogP contribution in [0.15, 0.2) is 36.5 Å². The van der Waals surface area contributed by atoms with Crippen LogP contribution in [0.4, 0.5) is 0 Å². The molecule has 0 saturated heterocycles. The van der Waals surface area contributed by atoms with Crippen molar-refractivity contribution in [2.75, 3.05) is 0 Å². The summed E-state index contributed by atoms with van der Waals surface area (Å²) in [5.74, 6) is 0.484. The van der Waals surface area contributed by atoms with E-state index in [1.807, 2.05) is 19.1 Å². The van der Waals surface area contributed by atoms with E-state index in [4.69, 9.17) is 11.6 Å². The lowest BCUT2D eigenvalue weighted by molar-refractivity contribution is 0.102. The Morgan fingerprint density at radius 3 is 2.85 bits per heavy atom.